The lowest BCUT2D eigenvalue weighted by Gasteiger charge is -2.12. The maximum atomic E-state index is 13.1. The van der Waals surface area contributed by atoms with Gasteiger partial charge in [-0.1, -0.05) is 54.6 Å². The first-order valence-corrected chi connectivity index (χ1v) is 9.72. The number of hydrogen-bond donors (Lipinski definition) is 0. The largest absolute Gasteiger partial charge is 0.350 e. The lowest BCUT2D eigenvalue weighted by molar-refractivity contribution is 0.0898. The van der Waals surface area contributed by atoms with E-state index in [4.69, 9.17) is 0 Å². The van der Waals surface area contributed by atoms with E-state index in [-0.39, 0.29) is 30.4 Å². The van der Waals surface area contributed by atoms with Crippen LogP contribution < -0.4 is 17.1 Å². The molecule has 0 aliphatic rings. The predicted octanol–water partition coefficient (Wildman–Crippen LogP) is 1.24. The number of carbonyl (C=O) groups excluding carboxylic acids is 3. The third-order valence-corrected chi connectivity index (χ3v) is 4.82. The first-order chi connectivity index (χ1) is 15.9. The number of rotatable bonds is 3. The van der Waals surface area contributed by atoms with Crippen LogP contribution in [-0.4, -0.2) is 31.4 Å². The predicted molar refractivity (Wildman–Crippen MR) is 118 cm³/mol. The van der Waals surface area contributed by atoms with Gasteiger partial charge in [0.05, 0.1) is 0 Å². The first-order valence-electron chi connectivity index (χ1n) is 9.72. The average Bonchev–Trinajstić information content (AvgIpc) is 2.85. The van der Waals surface area contributed by atoms with E-state index in [1.165, 1.54) is 72.8 Å². The second-order valence-corrected chi connectivity index (χ2v) is 6.87. The molecule has 0 saturated carbocycles. The highest BCUT2D eigenvalue weighted by atomic mass is 16.2. The van der Waals surface area contributed by atoms with Crippen LogP contribution in [0.3, 0.4) is 0 Å². The smallest absolute Gasteiger partial charge is 0.268 e. The Hall–Kier alpha value is -4.92. The van der Waals surface area contributed by atoms with Gasteiger partial charge in [-0.2, -0.15) is 13.7 Å². The van der Waals surface area contributed by atoms with Crippen molar-refractivity contribution in [2.45, 2.75) is 0 Å². The van der Waals surface area contributed by atoms with Crippen LogP contribution in [0, 0.1) is 0 Å². The van der Waals surface area contributed by atoms with E-state index in [9.17, 15) is 28.8 Å². The molecular weight excluding hydrogens is 426 g/mol. The van der Waals surface area contributed by atoms with Crippen molar-refractivity contribution in [3.8, 4) is 0 Å². The van der Waals surface area contributed by atoms with Crippen LogP contribution in [-0.2, 0) is 0 Å². The van der Waals surface area contributed by atoms with Gasteiger partial charge in [-0.15, -0.1) is 0 Å². The van der Waals surface area contributed by atoms with Gasteiger partial charge >= 0.3 is 17.1 Å². The average molecular weight is 441 g/mol. The van der Waals surface area contributed by atoms with Crippen LogP contribution in [0.5, 0.6) is 0 Å². The van der Waals surface area contributed by atoms with Crippen LogP contribution >= 0.6 is 0 Å². The Morgan fingerprint density at radius 3 is 0.818 bits per heavy atom. The van der Waals surface area contributed by atoms with Crippen molar-refractivity contribution in [2.75, 3.05) is 0 Å². The van der Waals surface area contributed by atoms with Crippen molar-refractivity contribution in [2.24, 2.45) is 0 Å². The highest BCUT2D eigenvalue weighted by Gasteiger charge is 2.28. The molecule has 0 fully saturated rings. The fourth-order valence-electron chi connectivity index (χ4n) is 3.20. The maximum absolute atomic E-state index is 13.1. The molecule has 0 radical (unpaired) electrons. The summed E-state index contributed by atoms with van der Waals surface area (Å²) < 4.78 is 0.329. The van der Waals surface area contributed by atoms with Crippen LogP contribution in [0.15, 0.2) is 105 Å². The minimum atomic E-state index is -1.47. The van der Waals surface area contributed by atoms with E-state index in [0.717, 1.165) is 0 Å². The normalized spacial score (nSPS) is 10.5. The van der Waals surface area contributed by atoms with Gasteiger partial charge in [-0.25, -0.2) is 14.4 Å². The van der Waals surface area contributed by atoms with E-state index in [1.807, 2.05) is 0 Å². The van der Waals surface area contributed by atoms with Crippen molar-refractivity contribution in [3.63, 3.8) is 0 Å². The van der Waals surface area contributed by atoms with E-state index in [2.05, 4.69) is 0 Å². The summed E-state index contributed by atoms with van der Waals surface area (Å²) in [7, 11) is 0. The minimum Gasteiger partial charge on any atom is -0.268 e. The molecule has 0 aliphatic carbocycles. The van der Waals surface area contributed by atoms with Crippen LogP contribution in [0.25, 0.3) is 0 Å². The minimum absolute atomic E-state index is 0.0484. The Morgan fingerprint density at radius 1 is 0.394 bits per heavy atom. The summed E-state index contributed by atoms with van der Waals surface area (Å²) in [5.74, 6) is -3.26. The van der Waals surface area contributed by atoms with Gasteiger partial charge in [0, 0.05) is 16.7 Å². The molecule has 33 heavy (non-hydrogen) atoms. The molecule has 162 valence electrons. The fourth-order valence-corrected chi connectivity index (χ4v) is 3.20. The Morgan fingerprint density at radius 2 is 0.606 bits per heavy atom. The quantitative estimate of drug-likeness (QED) is 0.472. The lowest BCUT2D eigenvalue weighted by Crippen LogP contribution is -2.59. The second-order valence-electron chi connectivity index (χ2n) is 6.87. The van der Waals surface area contributed by atoms with Gasteiger partial charge < -0.3 is 0 Å². The molecule has 0 atom stereocenters. The van der Waals surface area contributed by atoms with Crippen molar-refractivity contribution in [3.05, 3.63) is 139 Å². The number of hydrogen-bond acceptors (Lipinski definition) is 6. The summed E-state index contributed by atoms with van der Waals surface area (Å²) in [6.45, 7) is 0. The topological polar surface area (TPSA) is 117 Å². The van der Waals surface area contributed by atoms with E-state index in [0.29, 0.717) is 0 Å². The molecule has 0 spiro atoms. The monoisotopic (exact) mass is 441 g/mol. The van der Waals surface area contributed by atoms with Crippen molar-refractivity contribution in [1.82, 2.24) is 13.7 Å². The second kappa shape index (κ2) is 8.67. The highest BCUT2D eigenvalue weighted by molar-refractivity contribution is 5.99. The molecule has 4 rings (SSSR count). The van der Waals surface area contributed by atoms with Gasteiger partial charge in [0.15, 0.2) is 0 Å². The van der Waals surface area contributed by atoms with Crippen molar-refractivity contribution >= 4 is 17.7 Å². The summed E-state index contributed by atoms with van der Waals surface area (Å²) >= 11 is 0. The molecular formula is C24H15N3O6. The first kappa shape index (κ1) is 21.3. The molecule has 1 aromatic heterocycles. The molecule has 0 saturated heterocycles. The third kappa shape index (κ3) is 3.79. The molecule has 0 aliphatic heterocycles. The van der Waals surface area contributed by atoms with E-state index in [1.54, 1.807) is 18.2 Å². The molecule has 0 unspecified atom stereocenters. The Bertz CT molecular complexity index is 1330. The standard InChI is InChI=1S/C24H15N3O6/c28-19(16-10-4-1-5-11-16)25-22(31)26(20(29)17-12-6-2-7-13-17)24(33)27(23(25)32)21(30)18-14-8-3-9-15-18/h1-15H. The number of nitrogens with zero attached hydrogens (tertiary/aromatic N) is 3. The van der Waals surface area contributed by atoms with E-state index < -0.39 is 34.8 Å². The molecule has 4 aromatic rings. The zero-order valence-corrected chi connectivity index (χ0v) is 17.0. The van der Waals surface area contributed by atoms with Crippen molar-refractivity contribution < 1.29 is 14.4 Å². The maximum Gasteiger partial charge on any atom is 0.350 e. The van der Waals surface area contributed by atoms with Crippen molar-refractivity contribution in [1.29, 1.82) is 0 Å². The summed E-state index contributed by atoms with van der Waals surface area (Å²) in [5, 5.41) is 0. The fraction of sp³-hybridized carbons (Fsp3) is 0. The molecule has 0 amide bonds. The number of benzene rings is 3. The van der Waals surface area contributed by atoms with Crippen LogP contribution in [0.4, 0.5) is 0 Å². The Kier molecular flexibility index (Phi) is 5.60. The highest BCUT2D eigenvalue weighted by Crippen LogP contribution is 2.03. The van der Waals surface area contributed by atoms with Gasteiger partial charge in [0.2, 0.25) is 0 Å². The summed E-state index contributed by atoms with van der Waals surface area (Å²) in [4.78, 5) is 78.4. The van der Waals surface area contributed by atoms with Gasteiger partial charge in [-0.3, -0.25) is 14.4 Å². The zero-order valence-electron chi connectivity index (χ0n) is 17.0. The van der Waals surface area contributed by atoms with Gasteiger partial charge in [-0.05, 0) is 36.4 Å². The third-order valence-electron chi connectivity index (χ3n) is 4.82. The number of carbonyl (C=O) groups is 3. The summed E-state index contributed by atoms with van der Waals surface area (Å²) in [5.41, 5.74) is -4.55. The Labute approximate surface area is 185 Å². The molecule has 0 N–H and O–H groups in total. The van der Waals surface area contributed by atoms with Crippen LogP contribution in [0.1, 0.15) is 31.1 Å². The molecule has 9 heteroatoms. The van der Waals surface area contributed by atoms with Gasteiger partial charge in [0.1, 0.15) is 0 Å². The SMILES string of the molecule is O=C(c1ccccc1)n1c(=O)n(C(=O)c2ccccc2)c(=O)n(C(=O)c2ccccc2)c1=O. The van der Waals surface area contributed by atoms with Gasteiger partial charge in [0.25, 0.3) is 17.7 Å². The summed E-state index contributed by atoms with van der Waals surface area (Å²) in [6, 6.07) is 22.1. The Balaban J connectivity index is 2.05. The molecule has 0 bridgehead atoms. The summed E-state index contributed by atoms with van der Waals surface area (Å²) in [6.07, 6.45) is 0. The zero-order chi connectivity index (χ0) is 23.5. The van der Waals surface area contributed by atoms with Crippen LogP contribution in [0.2, 0.25) is 0 Å². The lowest BCUT2D eigenvalue weighted by atomic mass is 10.2. The molecule has 9 nitrogen and oxygen atoms in total. The van der Waals surface area contributed by atoms with E-state index >= 15 is 0 Å². The number of aromatic nitrogens is 3. The molecule has 3 aromatic carbocycles. The molecule has 1 heterocycles.